The largest absolute Gasteiger partial charge is 0.324 e. The third kappa shape index (κ3) is 1.40. The maximum atomic E-state index is 8.99. The first-order valence-electron chi connectivity index (χ1n) is 5.03. The van der Waals surface area contributed by atoms with Gasteiger partial charge in [0.15, 0.2) is 0 Å². The van der Waals surface area contributed by atoms with E-state index in [0.29, 0.717) is 0 Å². The predicted octanol–water partition coefficient (Wildman–Crippen LogP) is 2.07. The Balaban J connectivity index is 2.56. The molecule has 0 saturated heterocycles. The van der Waals surface area contributed by atoms with Gasteiger partial charge in [-0.15, -0.1) is 0 Å². The van der Waals surface area contributed by atoms with Gasteiger partial charge in [-0.2, -0.15) is 5.26 Å². The third-order valence-electron chi connectivity index (χ3n) is 2.88. The Kier molecular flexibility index (Phi) is 2.26. The summed E-state index contributed by atoms with van der Waals surface area (Å²) < 4.78 is 0. The first kappa shape index (κ1) is 9.23. The van der Waals surface area contributed by atoms with E-state index in [1.165, 1.54) is 17.5 Å². The van der Waals surface area contributed by atoms with Crippen LogP contribution in [0.3, 0.4) is 0 Å². The molecular formula is C12H14N2. The molecular weight excluding hydrogens is 172 g/mol. The van der Waals surface area contributed by atoms with E-state index in [1.54, 1.807) is 0 Å². The van der Waals surface area contributed by atoms with Gasteiger partial charge in [0, 0.05) is 6.04 Å². The van der Waals surface area contributed by atoms with E-state index in [4.69, 9.17) is 11.0 Å². The lowest BCUT2D eigenvalue weighted by Crippen LogP contribution is -2.08. The Hall–Kier alpha value is -1.33. The molecule has 2 N–H and O–H groups in total. The van der Waals surface area contributed by atoms with Gasteiger partial charge in [-0.1, -0.05) is 6.07 Å². The van der Waals surface area contributed by atoms with Crippen LogP contribution < -0.4 is 5.73 Å². The van der Waals surface area contributed by atoms with Crippen LogP contribution in [0.4, 0.5) is 0 Å². The van der Waals surface area contributed by atoms with Crippen LogP contribution >= 0.6 is 0 Å². The number of nitrogens with zero attached hydrogens (tertiary/aromatic N) is 1. The number of aryl methyl sites for hydroxylation is 2. The second-order valence-electron chi connectivity index (χ2n) is 3.96. The number of fused-ring (bicyclic) bond motifs is 1. The number of benzene rings is 1. The van der Waals surface area contributed by atoms with Gasteiger partial charge in [-0.05, 0) is 48.9 Å². The molecule has 1 aliphatic carbocycles. The number of hydrogen-bond donors (Lipinski definition) is 1. The number of hydrogen-bond acceptors (Lipinski definition) is 2. The van der Waals surface area contributed by atoms with Gasteiger partial charge in [0.1, 0.15) is 0 Å². The maximum Gasteiger partial charge on any atom is 0.0995 e. The second-order valence-corrected chi connectivity index (χ2v) is 3.96. The number of rotatable bonds is 1. The van der Waals surface area contributed by atoms with E-state index in [0.717, 1.165) is 24.0 Å². The highest BCUT2D eigenvalue weighted by atomic mass is 14.6. The average molecular weight is 186 g/mol. The maximum absolute atomic E-state index is 8.99. The summed E-state index contributed by atoms with van der Waals surface area (Å²) in [5, 5.41) is 8.99. The summed E-state index contributed by atoms with van der Waals surface area (Å²) in [4.78, 5) is 0. The van der Waals surface area contributed by atoms with Crippen molar-refractivity contribution in [3.63, 3.8) is 0 Å². The van der Waals surface area contributed by atoms with Crippen LogP contribution in [0.1, 0.15) is 41.6 Å². The summed E-state index contributed by atoms with van der Waals surface area (Å²) >= 11 is 0. The monoisotopic (exact) mass is 186 g/mol. The molecule has 72 valence electrons. The molecule has 1 aliphatic rings. The van der Waals surface area contributed by atoms with Crippen molar-refractivity contribution in [2.24, 2.45) is 5.73 Å². The lowest BCUT2D eigenvalue weighted by atomic mass is 9.97. The van der Waals surface area contributed by atoms with Crippen molar-refractivity contribution in [2.45, 2.75) is 32.2 Å². The molecule has 0 fully saturated rings. The topological polar surface area (TPSA) is 49.8 Å². The molecule has 0 aliphatic heterocycles. The van der Waals surface area contributed by atoms with Gasteiger partial charge in [0.05, 0.1) is 11.6 Å². The van der Waals surface area contributed by atoms with Crippen LogP contribution in [0.25, 0.3) is 0 Å². The quantitative estimate of drug-likeness (QED) is 0.729. The summed E-state index contributed by atoms with van der Waals surface area (Å²) in [6, 6.07) is 6.31. The molecule has 0 spiro atoms. The fourth-order valence-corrected chi connectivity index (χ4v) is 2.12. The lowest BCUT2D eigenvalue weighted by molar-refractivity contribution is 0.812. The van der Waals surface area contributed by atoms with Crippen LogP contribution in [0, 0.1) is 11.3 Å². The van der Waals surface area contributed by atoms with E-state index >= 15 is 0 Å². The van der Waals surface area contributed by atoms with E-state index in [9.17, 15) is 0 Å². The van der Waals surface area contributed by atoms with Crippen molar-refractivity contribution in [1.29, 1.82) is 5.26 Å². The van der Waals surface area contributed by atoms with Crippen molar-refractivity contribution in [2.75, 3.05) is 0 Å². The molecule has 0 heterocycles. The molecule has 0 saturated carbocycles. The highest BCUT2D eigenvalue weighted by molar-refractivity contribution is 5.47. The van der Waals surface area contributed by atoms with Gasteiger partial charge in [0.2, 0.25) is 0 Å². The predicted molar refractivity (Wildman–Crippen MR) is 55.8 cm³/mol. The molecule has 2 heteroatoms. The molecule has 14 heavy (non-hydrogen) atoms. The fourth-order valence-electron chi connectivity index (χ4n) is 2.12. The summed E-state index contributed by atoms with van der Waals surface area (Å²) in [6.07, 6.45) is 3.46. The van der Waals surface area contributed by atoms with Crippen LogP contribution in [0.15, 0.2) is 12.1 Å². The molecule has 0 amide bonds. The van der Waals surface area contributed by atoms with Crippen molar-refractivity contribution in [1.82, 2.24) is 0 Å². The number of nitrogens with two attached hydrogens (primary N) is 1. The Labute approximate surface area is 84.3 Å². The van der Waals surface area contributed by atoms with Crippen molar-refractivity contribution in [3.05, 3.63) is 34.4 Å². The zero-order valence-corrected chi connectivity index (χ0v) is 8.38. The van der Waals surface area contributed by atoms with Gasteiger partial charge in [-0.3, -0.25) is 0 Å². The van der Waals surface area contributed by atoms with Gasteiger partial charge < -0.3 is 5.73 Å². The molecule has 2 nitrogen and oxygen atoms in total. The summed E-state index contributed by atoms with van der Waals surface area (Å²) in [7, 11) is 0. The first-order chi connectivity index (χ1) is 6.72. The lowest BCUT2D eigenvalue weighted by Gasteiger charge is -2.10. The number of nitriles is 1. The zero-order valence-electron chi connectivity index (χ0n) is 8.38. The van der Waals surface area contributed by atoms with E-state index < -0.39 is 0 Å². The van der Waals surface area contributed by atoms with Crippen molar-refractivity contribution >= 4 is 0 Å². The highest BCUT2D eigenvalue weighted by Crippen LogP contribution is 2.27. The van der Waals surface area contributed by atoms with Crippen LogP contribution in [-0.2, 0) is 12.8 Å². The molecule has 0 aromatic heterocycles. The van der Waals surface area contributed by atoms with Gasteiger partial charge in [-0.25, -0.2) is 0 Å². The minimum Gasteiger partial charge on any atom is -0.324 e. The average Bonchev–Trinajstić information content (AvgIpc) is 2.62. The Bertz CT molecular complexity index is 400. The Morgan fingerprint density at radius 3 is 2.57 bits per heavy atom. The zero-order chi connectivity index (χ0) is 10.1. The standard InChI is InChI=1S/C12H14N2/c1-8(14)12-6-10-4-2-3-9(10)5-11(12)7-13/h5-6,8H,2-4,14H2,1H3. The van der Waals surface area contributed by atoms with Crippen LogP contribution in [0.2, 0.25) is 0 Å². The van der Waals surface area contributed by atoms with Crippen LogP contribution in [-0.4, -0.2) is 0 Å². The first-order valence-corrected chi connectivity index (χ1v) is 5.03. The molecule has 0 radical (unpaired) electrons. The molecule has 0 bridgehead atoms. The minimum atomic E-state index is -0.0458. The molecule has 1 aromatic carbocycles. The third-order valence-corrected chi connectivity index (χ3v) is 2.88. The SMILES string of the molecule is CC(N)c1cc2c(cc1C#N)CCC2. The van der Waals surface area contributed by atoms with E-state index in [-0.39, 0.29) is 6.04 Å². The summed E-state index contributed by atoms with van der Waals surface area (Å²) in [5.41, 5.74) is 10.3. The molecule has 2 rings (SSSR count). The minimum absolute atomic E-state index is 0.0458. The smallest absolute Gasteiger partial charge is 0.0995 e. The van der Waals surface area contributed by atoms with Crippen LogP contribution in [0.5, 0.6) is 0 Å². The van der Waals surface area contributed by atoms with Gasteiger partial charge >= 0.3 is 0 Å². The summed E-state index contributed by atoms with van der Waals surface area (Å²) in [5.74, 6) is 0. The van der Waals surface area contributed by atoms with E-state index in [2.05, 4.69) is 12.1 Å². The summed E-state index contributed by atoms with van der Waals surface area (Å²) in [6.45, 7) is 1.93. The Morgan fingerprint density at radius 2 is 2.00 bits per heavy atom. The van der Waals surface area contributed by atoms with Gasteiger partial charge in [0.25, 0.3) is 0 Å². The molecule has 1 atom stereocenters. The van der Waals surface area contributed by atoms with Crippen molar-refractivity contribution < 1.29 is 0 Å². The fraction of sp³-hybridized carbons (Fsp3) is 0.417. The van der Waals surface area contributed by atoms with E-state index in [1.807, 2.05) is 13.0 Å². The molecule has 1 aromatic rings. The Morgan fingerprint density at radius 1 is 1.36 bits per heavy atom. The second kappa shape index (κ2) is 3.43. The molecule has 1 unspecified atom stereocenters. The highest BCUT2D eigenvalue weighted by Gasteiger charge is 2.15. The normalized spacial score (nSPS) is 16.1. The van der Waals surface area contributed by atoms with Crippen molar-refractivity contribution in [3.8, 4) is 6.07 Å².